The fourth-order valence-corrected chi connectivity index (χ4v) is 3.30. The zero-order valence-corrected chi connectivity index (χ0v) is 15.1. The quantitative estimate of drug-likeness (QED) is 0.526. The third kappa shape index (κ3) is 3.96. The minimum absolute atomic E-state index is 0.0211. The lowest BCUT2D eigenvalue weighted by molar-refractivity contribution is -0.125. The smallest absolute Gasteiger partial charge is 0.232 e. The summed E-state index contributed by atoms with van der Waals surface area (Å²) in [5.41, 5.74) is 2.65. The van der Waals surface area contributed by atoms with Gasteiger partial charge in [0.15, 0.2) is 5.82 Å². The molecule has 1 aromatic heterocycles. The molecule has 0 saturated heterocycles. The molecule has 0 spiro atoms. The SMILES string of the molecule is Cc1ccc2nc(-c3ccc(F)cc3)nc(SCC(=O)N(C)C)c2c1. The van der Waals surface area contributed by atoms with E-state index in [4.69, 9.17) is 0 Å². The van der Waals surface area contributed by atoms with Crippen LogP contribution in [-0.2, 0) is 4.79 Å². The molecule has 0 bridgehead atoms. The van der Waals surface area contributed by atoms with Gasteiger partial charge in [0.1, 0.15) is 10.8 Å². The van der Waals surface area contributed by atoms with E-state index in [1.54, 1.807) is 31.1 Å². The second-order valence-corrected chi connectivity index (χ2v) is 6.92. The first-order valence-electron chi connectivity index (χ1n) is 7.81. The van der Waals surface area contributed by atoms with Crippen LogP contribution in [0, 0.1) is 12.7 Å². The van der Waals surface area contributed by atoms with Crippen molar-refractivity contribution in [1.82, 2.24) is 14.9 Å². The lowest BCUT2D eigenvalue weighted by Gasteiger charge is -2.12. The molecule has 4 nitrogen and oxygen atoms in total. The monoisotopic (exact) mass is 355 g/mol. The zero-order chi connectivity index (χ0) is 18.0. The van der Waals surface area contributed by atoms with E-state index in [9.17, 15) is 9.18 Å². The van der Waals surface area contributed by atoms with E-state index in [1.807, 2.05) is 25.1 Å². The summed E-state index contributed by atoms with van der Waals surface area (Å²) >= 11 is 1.39. The van der Waals surface area contributed by atoms with Gasteiger partial charge in [-0.1, -0.05) is 23.4 Å². The Morgan fingerprint density at radius 2 is 1.84 bits per heavy atom. The highest BCUT2D eigenvalue weighted by Gasteiger charge is 2.13. The number of carbonyl (C=O) groups is 1. The summed E-state index contributed by atoms with van der Waals surface area (Å²) in [6.45, 7) is 2.01. The molecule has 0 aliphatic heterocycles. The van der Waals surface area contributed by atoms with Crippen molar-refractivity contribution in [3.05, 3.63) is 53.8 Å². The number of aryl methyl sites for hydroxylation is 1. The molecule has 0 saturated carbocycles. The Kier molecular flexibility index (Phi) is 4.99. The van der Waals surface area contributed by atoms with Gasteiger partial charge < -0.3 is 4.90 Å². The van der Waals surface area contributed by atoms with Crippen molar-refractivity contribution >= 4 is 28.6 Å². The van der Waals surface area contributed by atoms with Crippen molar-refractivity contribution in [2.45, 2.75) is 11.9 Å². The standard InChI is InChI=1S/C19H18FN3OS/c1-12-4-9-16-15(10-12)19(25-11-17(24)23(2)3)22-18(21-16)13-5-7-14(20)8-6-13/h4-10H,11H2,1-3H3. The number of aromatic nitrogens is 2. The number of hydrogen-bond donors (Lipinski definition) is 0. The predicted molar refractivity (Wildman–Crippen MR) is 99.1 cm³/mol. The van der Waals surface area contributed by atoms with Crippen molar-refractivity contribution in [1.29, 1.82) is 0 Å². The summed E-state index contributed by atoms with van der Waals surface area (Å²) in [5, 5.41) is 1.67. The van der Waals surface area contributed by atoms with Gasteiger partial charge in [-0.25, -0.2) is 14.4 Å². The summed E-state index contributed by atoms with van der Waals surface area (Å²) in [4.78, 5) is 22.7. The Bertz CT molecular complexity index is 926. The Morgan fingerprint density at radius 1 is 1.12 bits per heavy atom. The molecule has 0 aliphatic rings. The molecule has 3 rings (SSSR count). The van der Waals surface area contributed by atoms with Gasteiger partial charge >= 0.3 is 0 Å². The van der Waals surface area contributed by atoms with E-state index in [2.05, 4.69) is 9.97 Å². The third-order valence-corrected chi connectivity index (χ3v) is 4.73. The molecular weight excluding hydrogens is 337 g/mol. The summed E-state index contributed by atoms with van der Waals surface area (Å²) in [5.74, 6) is 0.547. The molecule has 6 heteroatoms. The van der Waals surface area contributed by atoms with Crippen LogP contribution in [0.5, 0.6) is 0 Å². The number of nitrogens with zero attached hydrogens (tertiary/aromatic N) is 3. The molecule has 1 heterocycles. The number of rotatable bonds is 4. The van der Waals surface area contributed by atoms with Crippen LogP contribution in [0.2, 0.25) is 0 Å². The summed E-state index contributed by atoms with van der Waals surface area (Å²) in [6, 6.07) is 12.0. The topological polar surface area (TPSA) is 46.1 Å². The van der Waals surface area contributed by atoms with Crippen LogP contribution in [0.25, 0.3) is 22.3 Å². The number of benzene rings is 2. The largest absolute Gasteiger partial charge is 0.348 e. The Morgan fingerprint density at radius 3 is 2.52 bits per heavy atom. The molecule has 0 N–H and O–H groups in total. The van der Waals surface area contributed by atoms with Gasteiger partial charge in [0.25, 0.3) is 0 Å². The highest BCUT2D eigenvalue weighted by molar-refractivity contribution is 8.00. The lowest BCUT2D eigenvalue weighted by atomic mass is 10.1. The Labute approximate surface area is 150 Å². The predicted octanol–water partition coefficient (Wildman–Crippen LogP) is 3.92. The average Bonchev–Trinajstić information content (AvgIpc) is 2.59. The number of amides is 1. The van der Waals surface area contributed by atoms with Crippen molar-refractivity contribution in [2.75, 3.05) is 19.8 Å². The van der Waals surface area contributed by atoms with E-state index < -0.39 is 0 Å². The first kappa shape index (κ1) is 17.4. The second kappa shape index (κ2) is 7.19. The number of halogens is 1. The number of hydrogen-bond acceptors (Lipinski definition) is 4. The van der Waals surface area contributed by atoms with E-state index >= 15 is 0 Å². The zero-order valence-electron chi connectivity index (χ0n) is 14.3. The Balaban J connectivity index is 2.06. The minimum Gasteiger partial charge on any atom is -0.348 e. The highest BCUT2D eigenvalue weighted by atomic mass is 32.2. The molecule has 128 valence electrons. The van der Waals surface area contributed by atoms with Crippen LogP contribution in [0.4, 0.5) is 4.39 Å². The van der Waals surface area contributed by atoms with Gasteiger partial charge in [0, 0.05) is 25.0 Å². The van der Waals surface area contributed by atoms with Crippen LogP contribution in [0.15, 0.2) is 47.5 Å². The van der Waals surface area contributed by atoms with Gasteiger partial charge in [-0.2, -0.15) is 0 Å². The molecular formula is C19H18FN3OS. The van der Waals surface area contributed by atoms with E-state index in [0.717, 1.165) is 27.1 Å². The van der Waals surface area contributed by atoms with Gasteiger partial charge in [0.2, 0.25) is 5.91 Å². The van der Waals surface area contributed by atoms with Crippen molar-refractivity contribution in [3.63, 3.8) is 0 Å². The molecule has 0 fully saturated rings. The van der Waals surface area contributed by atoms with Crippen molar-refractivity contribution < 1.29 is 9.18 Å². The molecule has 0 atom stereocenters. The molecule has 1 amide bonds. The third-order valence-electron chi connectivity index (χ3n) is 3.75. The Hall–Kier alpha value is -2.47. The maximum Gasteiger partial charge on any atom is 0.232 e. The summed E-state index contributed by atoms with van der Waals surface area (Å²) in [7, 11) is 3.46. The molecule has 0 aliphatic carbocycles. The van der Waals surface area contributed by atoms with Gasteiger partial charge in [-0.15, -0.1) is 0 Å². The van der Waals surface area contributed by atoms with Crippen LogP contribution < -0.4 is 0 Å². The van der Waals surface area contributed by atoms with Gasteiger partial charge in [-0.3, -0.25) is 4.79 Å². The van der Waals surface area contributed by atoms with Crippen LogP contribution >= 0.6 is 11.8 Å². The summed E-state index contributed by atoms with van der Waals surface area (Å²) < 4.78 is 13.2. The normalized spacial score (nSPS) is 10.9. The second-order valence-electron chi connectivity index (χ2n) is 5.96. The maximum absolute atomic E-state index is 13.2. The van der Waals surface area contributed by atoms with Crippen LogP contribution in [0.3, 0.4) is 0 Å². The van der Waals surface area contributed by atoms with Gasteiger partial charge in [0.05, 0.1) is 11.3 Å². The van der Waals surface area contributed by atoms with E-state index in [0.29, 0.717) is 11.6 Å². The van der Waals surface area contributed by atoms with Crippen LogP contribution in [-0.4, -0.2) is 40.6 Å². The highest BCUT2D eigenvalue weighted by Crippen LogP contribution is 2.29. The van der Waals surface area contributed by atoms with Crippen molar-refractivity contribution in [2.24, 2.45) is 0 Å². The van der Waals surface area contributed by atoms with Crippen molar-refractivity contribution in [3.8, 4) is 11.4 Å². The van der Waals surface area contributed by atoms with Gasteiger partial charge in [-0.05, 0) is 43.3 Å². The first-order valence-corrected chi connectivity index (χ1v) is 8.80. The fourth-order valence-electron chi connectivity index (χ4n) is 2.31. The lowest BCUT2D eigenvalue weighted by Crippen LogP contribution is -2.23. The molecule has 2 aromatic carbocycles. The number of carbonyl (C=O) groups excluding carboxylic acids is 1. The molecule has 0 radical (unpaired) electrons. The fraction of sp³-hybridized carbons (Fsp3) is 0.211. The first-order chi connectivity index (χ1) is 11.9. The number of thioether (sulfide) groups is 1. The van der Waals surface area contributed by atoms with E-state index in [-0.39, 0.29) is 11.7 Å². The van der Waals surface area contributed by atoms with E-state index in [1.165, 1.54) is 23.9 Å². The number of fused-ring (bicyclic) bond motifs is 1. The maximum atomic E-state index is 13.2. The van der Waals surface area contributed by atoms with Crippen LogP contribution in [0.1, 0.15) is 5.56 Å². The summed E-state index contributed by atoms with van der Waals surface area (Å²) in [6.07, 6.45) is 0. The molecule has 25 heavy (non-hydrogen) atoms. The average molecular weight is 355 g/mol. The minimum atomic E-state index is -0.300. The molecule has 0 unspecified atom stereocenters. The molecule has 3 aromatic rings.